The Kier molecular flexibility index (Phi) is 15.9. The lowest BCUT2D eigenvalue weighted by Gasteiger charge is -2.43. The first-order chi connectivity index (χ1) is 32.8. The first-order valence-corrected chi connectivity index (χ1v) is 22.8. The number of halogens is 6. The Morgan fingerprint density at radius 2 is 1.10 bits per heavy atom. The summed E-state index contributed by atoms with van der Waals surface area (Å²) in [5.74, 6) is -2.57. The Bertz CT molecular complexity index is 2540. The summed E-state index contributed by atoms with van der Waals surface area (Å²) in [5.41, 5.74) is 7.49. The third-order valence-electron chi connectivity index (χ3n) is 12.3. The number of aromatic nitrogens is 2. The molecule has 0 unspecified atom stereocenters. The number of benzene rings is 4. The van der Waals surface area contributed by atoms with Gasteiger partial charge in [0.25, 0.3) is 5.89 Å². The molecule has 21 heteroatoms. The summed E-state index contributed by atoms with van der Waals surface area (Å²) in [6, 6.07) is 22.4. The standard InChI is InChI=1S/C24H23ClF3N5O3.C23H26ClFN4O3/c25-17-3-5-18(6-4-17)33(24(34)32-9-7-31(8-10-32)19-13-35-14-19)12-16-2-1-15(11-20(16)26)22-29-30-23(36-22)21(27)28;24-18-3-5-19(6-4-18)29(13-17-2-1-16(11-21(17)25)22(30)12-26)23(31)28-9-7-27(8-10-28)20-14-32-15-20/h1-6,11,19,21H,7-10,12-14H2;1-6,11,20H,7-10,12-15,26H2. The number of ketones is 1. The second-order valence-corrected chi connectivity index (χ2v) is 17.5. The fraction of sp³-hybridized carbons (Fsp3) is 0.383. The molecule has 4 saturated heterocycles. The van der Waals surface area contributed by atoms with Crippen LogP contribution in [0.3, 0.4) is 0 Å². The number of ether oxygens (including phenoxy) is 2. The lowest BCUT2D eigenvalue weighted by atomic mass is 10.1. The molecule has 4 amide bonds. The number of urea groups is 2. The van der Waals surface area contributed by atoms with E-state index in [0.717, 1.165) is 45.5 Å². The summed E-state index contributed by atoms with van der Waals surface area (Å²) in [6.45, 7) is 8.01. The number of carbonyl (C=O) groups is 3. The maximum absolute atomic E-state index is 15.1. The minimum atomic E-state index is -2.92. The van der Waals surface area contributed by atoms with Gasteiger partial charge in [-0.25, -0.2) is 18.4 Å². The van der Waals surface area contributed by atoms with Crippen LogP contribution in [0.1, 0.15) is 33.8 Å². The summed E-state index contributed by atoms with van der Waals surface area (Å²) in [4.78, 5) is 50.0. The van der Waals surface area contributed by atoms with Crippen molar-refractivity contribution in [2.24, 2.45) is 5.73 Å². The van der Waals surface area contributed by atoms with Gasteiger partial charge in [0, 0.05) is 96.0 Å². The first kappa shape index (κ1) is 48.8. The number of piperazine rings is 2. The zero-order valence-corrected chi connectivity index (χ0v) is 38.3. The molecule has 5 heterocycles. The summed E-state index contributed by atoms with van der Waals surface area (Å²) in [5, 5.41) is 7.89. The van der Waals surface area contributed by atoms with E-state index in [1.54, 1.807) is 63.2 Å². The van der Waals surface area contributed by atoms with Crippen molar-refractivity contribution >= 4 is 52.4 Å². The molecule has 0 aliphatic carbocycles. The molecule has 68 heavy (non-hydrogen) atoms. The molecular formula is C47H49Cl2F4N9O6. The number of amides is 4. The summed E-state index contributed by atoms with van der Waals surface area (Å²) >= 11 is 12.1. The summed E-state index contributed by atoms with van der Waals surface area (Å²) in [6.07, 6.45) is -2.92. The molecular weight excluding hydrogens is 933 g/mol. The molecule has 1 aromatic heterocycles. The molecule has 0 bridgehead atoms. The van der Waals surface area contributed by atoms with Crippen LogP contribution in [-0.2, 0) is 22.6 Å². The topological polar surface area (TPSA) is 154 Å². The smallest absolute Gasteiger partial charge is 0.324 e. The average Bonchev–Trinajstić information content (AvgIpc) is 3.82. The van der Waals surface area contributed by atoms with Crippen molar-refractivity contribution in [3.63, 3.8) is 0 Å². The Balaban J connectivity index is 0.000000185. The third kappa shape index (κ3) is 11.6. The molecule has 4 aliphatic rings. The van der Waals surface area contributed by atoms with Crippen molar-refractivity contribution < 1.29 is 45.8 Å². The zero-order chi connectivity index (χ0) is 47.9. The highest BCUT2D eigenvalue weighted by Crippen LogP contribution is 2.29. The predicted octanol–water partition coefficient (Wildman–Crippen LogP) is 7.37. The predicted molar refractivity (Wildman–Crippen MR) is 246 cm³/mol. The fourth-order valence-electron chi connectivity index (χ4n) is 8.10. The molecule has 4 aliphatic heterocycles. The molecule has 4 aromatic carbocycles. The van der Waals surface area contributed by atoms with Crippen LogP contribution >= 0.6 is 23.2 Å². The van der Waals surface area contributed by atoms with E-state index in [-0.39, 0.29) is 60.1 Å². The van der Waals surface area contributed by atoms with Crippen LogP contribution in [-0.4, -0.2) is 145 Å². The van der Waals surface area contributed by atoms with Crippen molar-refractivity contribution in [2.45, 2.75) is 31.6 Å². The third-order valence-corrected chi connectivity index (χ3v) is 12.8. The molecule has 0 radical (unpaired) electrons. The lowest BCUT2D eigenvalue weighted by molar-refractivity contribution is -0.0738. The Morgan fingerprint density at radius 1 is 0.647 bits per heavy atom. The maximum Gasteiger partial charge on any atom is 0.324 e. The van der Waals surface area contributed by atoms with E-state index < -0.39 is 24.0 Å². The number of hydrogen-bond donors (Lipinski definition) is 1. The Morgan fingerprint density at radius 3 is 1.49 bits per heavy atom. The van der Waals surface area contributed by atoms with Gasteiger partial charge in [-0.05, 0) is 66.7 Å². The number of carbonyl (C=O) groups excluding carboxylic acids is 3. The highest BCUT2D eigenvalue weighted by atomic mass is 35.5. The molecule has 4 fully saturated rings. The maximum atomic E-state index is 15.1. The van der Waals surface area contributed by atoms with E-state index in [1.807, 2.05) is 0 Å². The molecule has 0 atom stereocenters. The monoisotopic (exact) mass is 981 g/mol. The van der Waals surface area contributed by atoms with Crippen molar-refractivity contribution in [1.82, 2.24) is 29.8 Å². The molecule has 0 spiro atoms. The minimum absolute atomic E-state index is 0.0279. The molecule has 5 aromatic rings. The van der Waals surface area contributed by atoms with Crippen LogP contribution in [0, 0.1) is 11.6 Å². The quantitative estimate of drug-likeness (QED) is 0.0985. The first-order valence-electron chi connectivity index (χ1n) is 22.0. The molecule has 15 nitrogen and oxygen atoms in total. The van der Waals surface area contributed by atoms with E-state index >= 15 is 4.39 Å². The van der Waals surface area contributed by atoms with Crippen LogP contribution in [0.25, 0.3) is 11.5 Å². The minimum Gasteiger partial charge on any atom is -0.415 e. The van der Waals surface area contributed by atoms with Crippen LogP contribution < -0.4 is 15.5 Å². The van der Waals surface area contributed by atoms with Gasteiger partial charge in [-0.2, -0.15) is 8.78 Å². The number of rotatable bonds is 12. The highest BCUT2D eigenvalue weighted by molar-refractivity contribution is 6.31. The van der Waals surface area contributed by atoms with Crippen LogP contribution in [0.2, 0.25) is 10.0 Å². The van der Waals surface area contributed by atoms with Gasteiger partial charge >= 0.3 is 18.5 Å². The number of Topliss-reactive ketones (excluding diaryl/α,β-unsaturated/α-hetero) is 1. The second-order valence-electron chi connectivity index (χ2n) is 16.6. The van der Waals surface area contributed by atoms with Gasteiger partial charge in [0.15, 0.2) is 5.78 Å². The van der Waals surface area contributed by atoms with E-state index in [9.17, 15) is 27.6 Å². The number of anilines is 2. The Hall–Kier alpha value is -5.67. The van der Waals surface area contributed by atoms with Gasteiger partial charge in [0.1, 0.15) is 11.6 Å². The van der Waals surface area contributed by atoms with Crippen molar-refractivity contribution in [1.29, 1.82) is 0 Å². The summed E-state index contributed by atoms with van der Waals surface area (Å²) < 4.78 is 70.9. The van der Waals surface area contributed by atoms with E-state index in [1.165, 1.54) is 35.2 Å². The van der Waals surface area contributed by atoms with E-state index in [4.69, 9.17) is 42.8 Å². The van der Waals surface area contributed by atoms with Gasteiger partial charge in [0.05, 0.1) is 58.1 Å². The fourth-order valence-corrected chi connectivity index (χ4v) is 8.35. The summed E-state index contributed by atoms with van der Waals surface area (Å²) in [7, 11) is 0. The van der Waals surface area contributed by atoms with Gasteiger partial charge in [0.2, 0.25) is 5.89 Å². The SMILES string of the molecule is NCC(=O)c1ccc(CN(C(=O)N2CCN(C3COC3)CC2)c2ccc(Cl)cc2)c(F)c1.O=C(N1CCN(C2COC2)CC1)N(Cc1ccc(-c2nnc(C(F)F)o2)cc1F)c1ccc(Cl)cc1. The molecule has 0 saturated carbocycles. The number of nitrogens with zero attached hydrogens (tertiary/aromatic N) is 8. The zero-order valence-electron chi connectivity index (χ0n) is 36.8. The van der Waals surface area contributed by atoms with Gasteiger partial charge in [-0.3, -0.25) is 24.4 Å². The Labute approximate surface area is 399 Å². The lowest BCUT2D eigenvalue weighted by Crippen LogP contribution is -2.59. The number of nitrogens with two attached hydrogens (primary N) is 1. The van der Waals surface area contributed by atoms with Crippen LogP contribution in [0.5, 0.6) is 0 Å². The van der Waals surface area contributed by atoms with Crippen molar-refractivity contribution in [3.05, 3.63) is 129 Å². The van der Waals surface area contributed by atoms with Gasteiger partial charge < -0.3 is 29.4 Å². The normalized spacial score (nSPS) is 17.0. The highest BCUT2D eigenvalue weighted by Gasteiger charge is 2.34. The second kappa shape index (κ2) is 22.2. The van der Waals surface area contributed by atoms with Gasteiger partial charge in [-0.15, -0.1) is 10.2 Å². The van der Waals surface area contributed by atoms with Crippen molar-refractivity contribution in [3.8, 4) is 11.5 Å². The molecule has 360 valence electrons. The van der Waals surface area contributed by atoms with E-state index in [2.05, 4.69) is 20.0 Å². The largest absolute Gasteiger partial charge is 0.415 e. The van der Waals surface area contributed by atoms with Crippen LogP contribution in [0.15, 0.2) is 89.3 Å². The number of alkyl halides is 2. The van der Waals surface area contributed by atoms with E-state index in [0.29, 0.717) is 78.5 Å². The molecule has 2 N–H and O–H groups in total. The molecule has 9 rings (SSSR count). The average molecular weight is 983 g/mol. The number of hydrogen-bond acceptors (Lipinski definition) is 11. The van der Waals surface area contributed by atoms with Crippen LogP contribution in [0.4, 0.5) is 38.5 Å². The van der Waals surface area contributed by atoms with Crippen molar-refractivity contribution in [2.75, 3.05) is 95.1 Å². The van der Waals surface area contributed by atoms with Gasteiger partial charge in [-0.1, -0.05) is 41.4 Å².